The summed E-state index contributed by atoms with van der Waals surface area (Å²) in [5.41, 5.74) is 6.66. The van der Waals surface area contributed by atoms with Crippen LogP contribution < -0.4 is 5.73 Å². The summed E-state index contributed by atoms with van der Waals surface area (Å²) in [4.78, 5) is 2.04. The second-order valence-electron chi connectivity index (χ2n) is 3.64. The van der Waals surface area contributed by atoms with Crippen molar-refractivity contribution in [2.24, 2.45) is 5.73 Å². The predicted molar refractivity (Wildman–Crippen MR) is 67.0 cm³/mol. The number of amidine groups is 1. The lowest BCUT2D eigenvalue weighted by atomic mass is 10.2. The third-order valence-electron chi connectivity index (χ3n) is 2.49. The first-order valence-corrected chi connectivity index (χ1v) is 5.59. The number of rotatable bonds is 4. The number of nitrogens with zero attached hydrogens (tertiary/aromatic N) is 1. The van der Waals surface area contributed by atoms with Gasteiger partial charge >= 0.3 is 0 Å². The number of benzene rings is 1. The van der Waals surface area contributed by atoms with E-state index in [9.17, 15) is 0 Å². The van der Waals surface area contributed by atoms with Gasteiger partial charge in [-0.3, -0.25) is 10.3 Å². The minimum Gasteiger partial charge on any atom is -0.386 e. The van der Waals surface area contributed by atoms with Crippen molar-refractivity contribution in [1.82, 2.24) is 4.90 Å². The molecule has 0 heterocycles. The van der Waals surface area contributed by atoms with Gasteiger partial charge in [0.15, 0.2) is 0 Å². The average Bonchev–Trinajstić information content (AvgIpc) is 2.20. The lowest BCUT2D eigenvalue weighted by Crippen LogP contribution is -2.39. The summed E-state index contributed by atoms with van der Waals surface area (Å²) in [5, 5.41) is 7.37. The molecule has 0 amide bonds. The van der Waals surface area contributed by atoms with Crippen molar-refractivity contribution in [2.75, 3.05) is 7.05 Å². The Labute approximate surface area is 98.9 Å². The molecule has 0 aromatic heterocycles. The van der Waals surface area contributed by atoms with Crippen LogP contribution in [0.1, 0.15) is 12.5 Å². The number of nitrogens with one attached hydrogen (secondary N) is 1. The van der Waals surface area contributed by atoms with Gasteiger partial charge in [-0.2, -0.15) is 0 Å². The van der Waals surface area contributed by atoms with Crippen molar-refractivity contribution in [3.05, 3.63) is 34.3 Å². The molecule has 0 bridgehead atoms. The minimum absolute atomic E-state index is 0.0305. The van der Waals surface area contributed by atoms with Gasteiger partial charge in [0.05, 0.1) is 6.04 Å². The van der Waals surface area contributed by atoms with Gasteiger partial charge in [0, 0.05) is 11.0 Å². The van der Waals surface area contributed by atoms with E-state index < -0.39 is 0 Å². The van der Waals surface area contributed by atoms with Crippen molar-refractivity contribution in [1.29, 1.82) is 5.41 Å². The molecule has 0 radical (unpaired) electrons. The highest BCUT2D eigenvalue weighted by molar-refractivity contribution is 9.10. The van der Waals surface area contributed by atoms with Crippen LogP contribution >= 0.6 is 15.9 Å². The Balaban J connectivity index is 2.70. The molecule has 0 aliphatic heterocycles. The molecular weight excluding hydrogens is 254 g/mol. The number of likely N-dealkylation sites (N-methyl/N-ethyl adjacent to an activating group) is 1. The van der Waals surface area contributed by atoms with Gasteiger partial charge in [0.25, 0.3) is 0 Å². The zero-order chi connectivity index (χ0) is 11.4. The molecule has 1 atom stereocenters. The summed E-state index contributed by atoms with van der Waals surface area (Å²) in [7, 11) is 1.96. The van der Waals surface area contributed by atoms with E-state index in [1.54, 1.807) is 0 Å². The molecule has 3 nitrogen and oxygen atoms in total. The van der Waals surface area contributed by atoms with E-state index in [0.717, 1.165) is 11.0 Å². The molecule has 1 unspecified atom stereocenters. The summed E-state index contributed by atoms with van der Waals surface area (Å²) in [6.07, 6.45) is 0. The first-order valence-electron chi connectivity index (χ1n) is 4.80. The van der Waals surface area contributed by atoms with E-state index >= 15 is 0 Å². The lowest BCUT2D eigenvalue weighted by molar-refractivity contribution is 0.301. The molecule has 15 heavy (non-hydrogen) atoms. The van der Waals surface area contributed by atoms with Gasteiger partial charge in [-0.15, -0.1) is 0 Å². The third-order valence-corrected chi connectivity index (χ3v) is 3.26. The Kier molecular flexibility index (Phi) is 4.29. The predicted octanol–water partition coefficient (Wildman–Crippen LogP) is 2.21. The molecule has 0 aliphatic carbocycles. The maximum Gasteiger partial charge on any atom is 0.108 e. The van der Waals surface area contributed by atoms with E-state index in [1.807, 2.05) is 37.1 Å². The van der Waals surface area contributed by atoms with Crippen molar-refractivity contribution in [2.45, 2.75) is 19.5 Å². The van der Waals surface area contributed by atoms with Crippen LogP contribution in [0.25, 0.3) is 0 Å². The van der Waals surface area contributed by atoms with Crippen LogP contribution in [-0.4, -0.2) is 23.8 Å². The second-order valence-corrected chi connectivity index (χ2v) is 4.49. The summed E-state index contributed by atoms with van der Waals surface area (Å²) in [6.45, 7) is 2.71. The molecule has 0 saturated carbocycles. The number of halogens is 1. The second kappa shape index (κ2) is 5.28. The Hall–Kier alpha value is -0.870. The fourth-order valence-electron chi connectivity index (χ4n) is 1.27. The van der Waals surface area contributed by atoms with Crippen LogP contribution in [0.5, 0.6) is 0 Å². The molecule has 1 aromatic carbocycles. The van der Waals surface area contributed by atoms with Crippen molar-refractivity contribution >= 4 is 21.8 Å². The highest BCUT2D eigenvalue weighted by atomic mass is 79.9. The smallest absolute Gasteiger partial charge is 0.108 e. The van der Waals surface area contributed by atoms with Crippen LogP contribution in [0, 0.1) is 5.41 Å². The zero-order valence-corrected chi connectivity index (χ0v) is 10.6. The van der Waals surface area contributed by atoms with Crippen molar-refractivity contribution in [3.8, 4) is 0 Å². The Bertz CT molecular complexity index is 351. The Morgan fingerprint density at radius 2 is 2.13 bits per heavy atom. The minimum atomic E-state index is -0.0305. The molecule has 82 valence electrons. The third kappa shape index (κ3) is 3.32. The monoisotopic (exact) mass is 269 g/mol. The van der Waals surface area contributed by atoms with E-state index in [-0.39, 0.29) is 11.9 Å². The summed E-state index contributed by atoms with van der Waals surface area (Å²) >= 11 is 3.50. The molecule has 0 aliphatic rings. The van der Waals surface area contributed by atoms with Gasteiger partial charge in [-0.25, -0.2) is 0 Å². The Morgan fingerprint density at radius 1 is 1.53 bits per heavy atom. The zero-order valence-electron chi connectivity index (χ0n) is 9.00. The van der Waals surface area contributed by atoms with Gasteiger partial charge < -0.3 is 5.73 Å². The molecule has 0 spiro atoms. The number of hydrogen-bond donors (Lipinski definition) is 2. The lowest BCUT2D eigenvalue weighted by Gasteiger charge is -2.23. The molecule has 3 N–H and O–H groups in total. The average molecular weight is 270 g/mol. The van der Waals surface area contributed by atoms with Crippen molar-refractivity contribution in [3.63, 3.8) is 0 Å². The molecular formula is C11H16BrN3. The fraction of sp³-hybridized carbons (Fsp3) is 0.364. The highest BCUT2D eigenvalue weighted by Gasteiger charge is 2.12. The maximum absolute atomic E-state index is 7.37. The SMILES string of the molecule is CC(C(=N)N)N(C)Cc1ccccc1Br. The number of hydrogen-bond acceptors (Lipinski definition) is 2. The summed E-state index contributed by atoms with van der Waals surface area (Å²) in [6, 6.07) is 8.04. The van der Waals surface area contributed by atoms with E-state index in [2.05, 4.69) is 22.0 Å². The van der Waals surface area contributed by atoms with Gasteiger partial charge in [0.1, 0.15) is 5.84 Å². The van der Waals surface area contributed by atoms with Crippen molar-refractivity contribution < 1.29 is 0 Å². The molecule has 0 fully saturated rings. The van der Waals surface area contributed by atoms with E-state index in [0.29, 0.717) is 0 Å². The normalized spacial score (nSPS) is 12.8. The number of nitrogens with two attached hydrogens (primary N) is 1. The Morgan fingerprint density at radius 3 is 2.67 bits per heavy atom. The largest absolute Gasteiger partial charge is 0.386 e. The van der Waals surface area contributed by atoms with Gasteiger partial charge in [0.2, 0.25) is 0 Å². The standard InChI is InChI=1S/C11H16BrN3/c1-8(11(13)14)15(2)7-9-5-3-4-6-10(9)12/h3-6,8H,7H2,1-2H3,(H3,13,14). The topological polar surface area (TPSA) is 53.1 Å². The van der Waals surface area contributed by atoms with Crippen LogP contribution in [0.15, 0.2) is 28.7 Å². The molecule has 4 heteroatoms. The van der Waals surface area contributed by atoms with Crippen LogP contribution in [0.2, 0.25) is 0 Å². The molecule has 0 saturated heterocycles. The summed E-state index contributed by atoms with van der Waals surface area (Å²) < 4.78 is 1.09. The van der Waals surface area contributed by atoms with E-state index in [1.165, 1.54) is 5.56 Å². The molecule has 1 rings (SSSR count). The first-order chi connectivity index (χ1) is 7.02. The van der Waals surface area contributed by atoms with Crippen LogP contribution in [0.4, 0.5) is 0 Å². The highest BCUT2D eigenvalue weighted by Crippen LogP contribution is 2.17. The fourth-order valence-corrected chi connectivity index (χ4v) is 1.68. The van der Waals surface area contributed by atoms with Crippen LogP contribution in [-0.2, 0) is 6.54 Å². The molecule has 1 aromatic rings. The van der Waals surface area contributed by atoms with E-state index in [4.69, 9.17) is 11.1 Å². The quantitative estimate of drug-likeness (QED) is 0.651. The first kappa shape index (κ1) is 12.2. The van der Waals surface area contributed by atoms with Gasteiger partial charge in [-0.05, 0) is 25.6 Å². The van der Waals surface area contributed by atoms with Crippen LogP contribution in [0.3, 0.4) is 0 Å². The summed E-state index contributed by atoms with van der Waals surface area (Å²) in [5.74, 6) is 0.199. The van der Waals surface area contributed by atoms with Gasteiger partial charge in [-0.1, -0.05) is 34.1 Å². The maximum atomic E-state index is 7.37.